The third kappa shape index (κ3) is 2.75. The first kappa shape index (κ1) is 13.6. The zero-order valence-electron chi connectivity index (χ0n) is 11.5. The Hall–Kier alpha value is -2.36. The maximum Gasteiger partial charge on any atom is 0.337 e. The summed E-state index contributed by atoms with van der Waals surface area (Å²) < 4.78 is 13.9. The minimum absolute atomic E-state index is 0.0196. The first-order valence-corrected chi connectivity index (χ1v) is 7.00. The van der Waals surface area contributed by atoms with Gasteiger partial charge < -0.3 is 10.4 Å². The van der Waals surface area contributed by atoms with E-state index in [1.165, 1.54) is 29.3 Å². The Morgan fingerprint density at radius 2 is 1.90 bits per heavy atom. The van der Waals surface area contributed by atoms with E-state index in [-0.39, 0.29) is 17.3 Å². The third-order valence-corrected chi connectivity index (χ3v) is 3.94. The molecule has 3 rings (SSSR count). The van der Waals surface area contributed by atoms with E-state index in [1.54, 1.807) is 0 Å². The lowest BCUT2D eigenvalue weighted by Gasteiger charge is -2.27. The maximum absolute atomic E-state index is 13.9. The molecule has 0 radical (unpaired) electrons. The molecule has 0 saturated heterocycles. The molecule has 4 heteroatoms. The predicted octanol–water partition coefficient (Wildman–Crippen LogP) is 3.49. The van der Waals surface area contributed by atoms with Crippen molar-refractivity contribution < 1.29 is 14.3 Å². The molecule has 1 aliphatic carbocycles. The average molecular weight is 285 g/mol. The monoisotopic (exact) mass is 285 g/mol. The molecule has 0 spiro atoms. The smallest absolute Gasteiger partial charge is 0.337 e. The highest BCUT2D eigenvalue weighted by Gasteiger charge is 2.21. The summed E-state index contributed by atoms with van der Waals surface area (Å²) in [6.45, 7) is 0. The van der Waals surface area contributed by atoms with Gasteiger partial charge in [-0.25, -0.2) is 9.18 Å². The fourth-order valence-electron chi connectivity index (χ4n) is 2.87. The highest BCUT2D eigenvalue weighted by Crippen LogP contribution is 2.26. The molecule has 2 aromatic carbocycles. The van der Waals surface area contributed by atoms with Crippen LogP contribution in [0.5, 0.6) is 0 Å². The lowest BCUT2D eigenvalue weighted by Crippen LogP contribution is -2.28. The summed E-state index contributed by atoms with van der Waals surface area (Å²) in [6, 6.07) is 12.4. The molecule has 3 nitrogen and oxygen atoms in total. The number of nitrogens with one attached hydrogen (secondary N) is 1. The van der Waals surface area contributed by atoms with E-state index in [0.29, 0.717) is 0 Å². The summed E-state index contributed by atoms with van der Waals surface area (Å²) in [5.74, 6) is -1.64. The lowest BCUT2D eigenvalue weighted by molar-refractivity contribution is 0.0697. The number of aryl methyl sites for hydroxylation is 1. The van der Waals surface area contributed by atoms with Gasteiger partial charge in [-0.05, 0) is 42.5 Å². The molecule has 2 aromatic rings. The number of aromatic carboxylic acids is 1. The van der Waals surface area contributed by atoms with E-state index < -0.39 is 11.8 Å². The quantitative estimate of drug-likeness (QED) is 0.907. The summed E-state index contributed by atoms with van der Waals surface area (Å²) in [5, 5.41) is 12.3. The summed E-state index contributed by atoms with van der Waals surface area (Å²) in [4.78, 5) is 11.2. The number of carboxylic acids is 1. The van der Waals surface area contributed by atoms with Crippen LogP contribution < -0.4 is 5.32 Å². The first-order chi connectivity index (χ1) is 10.1. The topological polar surface area (TPSA) is 49.3 Å². The minimum Gasteiger partial charge on any atom is -0.478 e. The Bertz CT molecular complexity index is 684. The molecule has 108 valence electrons. The van der Waals surface area contributed by atoms with Crippen LogP contribution in [-0.2, 0) is 12.8 Å². The van der Waals surface area contributed by atoms with Crippen molar-refractivity contribution >= 4 is 11.7 Å². The van der Waals surface area contributed by atoms with Gasteiger partial charge in [0.1, 0.15) is 5.82 Å². The van der Waals surface area contributed by atoms with Gasteiger partial charge in [0.15, 0.2) is 0 Å². The van der Waals surface area contributed by atoms with Crippen molar-refractivity contribution in [2.45, 2.75) is 25.3 Å². The molecule has 0 heterocycles. The molecular formula is C17H16FNO2. The predicted molar refractivity (Wildman–Crippen MR) is 79.2 cm³/mol. The minimum atomic E-state index is -1.12. The van der Waals surface area contributed by atoms with Crippen molar-refractivity contribution in [3.63, 3.8) is 0 Å². The van der Waals surface area contributed by atoms with Crippen molar-refractivity contribution in [2.75, 3.05) is 5.32 Å². The van der Waals surface area contributed by atoms with Crippen LogP contribution in [0.25, 0.3) is 0 Å². The Morgan fingerprint density at radius 1 is 1.14 bits per heavy atom. The van der Waals surface area contributed by atoms with Crippen LogP contribution in [0.3, 0.4) is 0 Å². The van der Waals surface area contributed by atoms with Crippen molar-refractivity contribution in [1.82, 2.24) is 0 Å². The second-order valence-corrected chi connectivity index (χ2v) is 5.32. The van der Waals surface area contributed by atoms with E-state index in [4.69, 9.17) is 0 Å². The second-order valence-electron chi connectivity index (χ2n) is 5.32. The van der Waals surface area contributed by atoms with Gasteiger partial charge in [0.05, 0.1) is 11.3 Å². The van der Waals surface area contributed by atoms with Gasteiger partial charge in [-0.15, -0.1) is 0 Å². The van der Waals surface area contributed by atoms with Crippen molar-refractivity contribution in [3.05, 3.63) is 65.0 Å². The summed E-state index contributed by atoms with van der Waals surface area (Å²) in [5.41, 5.74) is 2.64. The van der Waals surface area contributed by atoms with Gasteiger partial charge in [-0.3, -0.25) is 0 Å². The molecule has 0 bridgehead atoms. The Kier molecular flexibility index (Phi) is 3.60. The first-order valence-electron chi connectivity index (χ1n) is 7.00. The number of benzene rings is 2. The average Bonchev–Trinajstić information content (AvgIpc) is 2.49. The fourth-order valence-corrected chi connectivity index (χ4v) is 2.87. The highest BCUT2D eigenvalue weighted by atomic mass is 19.1. The third-order valence-electron chi connectivity index (χ3n) is 3.94. The number of halogens is 1. The molecule has 0 amide bonds. The van der Waals surface area contributed by atoms with Crippen LogP contribution in [-0.4, -0.2) is 17.1 Å². The van der Waals surface area contributed by atoms with Gasteiger partial charge in [-0.2, -0.15) is 0 Å². The number of hydrogen-bond donors (Lipinski definition) is 2. The molecule has 0 saturated carbocycles. The second kappa shape index (κ2) is 5.56. The number of para-hydroxylation sites is 1. The Morgan fingerprint density at radius 3 is 2.67 bits per heavy atom. The number of anilines is 1. The van der Waals surface area contributed by atoms with E-state index >= 15 is 0 Å². The SMILES string of the molecule is O=C(O)c1cccc(F)c1NC1CCc2ccccc2C1. The molecule has 21 heavy (non-hydrogen) atoms. The van der Waals surface area contributed by atoms with E-state index in [1.807, 2.05) is 12.1 Å². The standard InChI is InChI=1S/C17H16FNO2/c18-15-7-3-6-14(17(20)21)16(15)19-13-9-8-11-4-1-2-5-12(11)10-13/h1-7,13,19H,8-10H2,(H,20,21). The van der Waals surface area contributed by atoms with Crippen molar-refractivity contribution in [2.24, 2.45) is 0 Å². The van der Waals surface area contributed by atoms with Gasteiger partial charge in [-0.1, -0.05) is 30.3 Å². The van der Waals surface area contributed by atoms with E-state index in [2.05, 4.69) is 17.4 Å². The number of hydrogen-bond acceptors (Lipinski definition) is 2. The van der Waals surface area contributed by atoms with Crippen molar-refractivity contribution in [1.29, 1.82) is 0 Å². The fraction of sp³-hybridized carbons (Fsp3) is 0.235. The van der Waals surface area contributed by atoms with Crippen LogP contribution in [0.2, 0.25) is 0 Å². The van der Waals surface area contributed by atoms with E-state index in [0.717, 1.165) is 19.3 Å². The Balaban J connectivity index is 1.84. The summed E-state index contributed by atoms with van der Waals surface area (Å²) in [7, 11) is 0. The zero-order valence-corrected chi connectivity index (χ0v) is 11.5. The van der Waals surface area contributed by atoms with Gasteiger partial charge in [0.25, 0.3) is 0 Å². The Labute approximate surface area is 122 Å². The maximum atomic E-state index is 13.9. The largest absolute Gasteiger partial charge is 0.478 e. The van der Waals surface area contributed by atoms with Crippen LogP contribution in [0.4, 0.5) is 10.1 Å². The van der Waals surface area contributed by atoms with Gasteiger partial charge >= 0.3 is 5.97 Å². The molecule has 1 atom stereocenters. The van der Waals surface area contributed by atoms with Crippen LogP contribution in [0.15, 0.2) is 42.5 Å². The molecule has 0 aromatic heterocycles. The van der Waals surface area contributed by atoms with E-state index in [9.17, 15) is 14.3 Å². The summed E-state index contributed by atoms with van der Waals surface area (Å²) in [6.07, 6.45) is 2.57. The van der Waals surface area contributed by atoms with Crippen molar-refractivity contribution in [3.8, 4) is 0 Å². The highest BCUT2D eigenvalue weighted by molar-refractivity contribution is 5.94. The number of carboxylic acid groups (broad SMARTS) is 1. The number of rotatable bonds is 3. The normalized spacial score (nSPS) is 17.1. The van der Waals surface area contributed by atoms with Crippen LogP contribution in [0.1, 0.15) is 27.9 Å². The lowest BCUT2D eigenvalue weighted by atomic mass is 9.88. The number of fused-ring (bicyclic) bond motifs is 1. The molecule has 1 unspecified atom stereocenters. The zero-order chi connectivity index (χ0) is 14.8. The van der Waals surface area contributed by atoms with Crippen LogP contribution in [0, 0.1) is 5.82 Å². The molecule has 0 fully saturated rings. The molecule has 2 N–H and O–H groups in total. The van der Waals surface area contributed by atoms with Gasteiger partial charge in [0.2, 0.25) is 0 Å². The van der Waals surface area contributed by atoms with Crippen LogP contribution >= 0.6 is 0 Å². The molecular weight excluding hydrogens is 269 g/mol. The molecule has 0 aliphatic heterocycles. The summed E-state index contributed by atoms with van der Waals surface area (Å²) >= 11 is 0. The van der Waals surface area contributed by atoms with Gasteiger partial charge in [0, 0.05) is 6.04 Å². The molecule has 1 aliphatic rings. The number of carbonyl (C=O) groups is 1.